The SMILES string of the molecule is CCOC(=O)C1=C(C)N=c2sc(=Cc3cc(OC)c(OC)cc3Br)c(=O)n2C1c1ccccc1. The first-order valence-electron chi connectivity index (χ1n) is 10.6. The third-order valence-corrected chi connectivity index (χ3v) is 7.09. The van der Waals surface area contributed by atoms with Crippen molar-refractivity contribution in [3.05, 3.63) is 89.0 Å². The van der Waals surface area contributed by atoms with Crippen LogP contribution in [0.5, 0.6) is 11.5 Å². The second kappa shape index (κ2) is 9.99. The molecule has 0 aliphatic carbocycles. The molecule has 3 aromatic rings. The van der Waals surface area contributed by atoms with Crippen molar-refractivity contribution < 1.29 is 19.0 Å². The summed E-state index contributed by atoms with van der Waals surface area (Å²) in [5.74, 6) is 0.647. The van der Waals surface area contributed by atoms with E-state index in [4.69, 9.17) is 14.2 Å². The quantitative estimate of drug-likeness (QED) is 0.445. The number of ether oxygens (including phenoxy) is 3. The van der Waals surface area contributed by atoms with Crippen LogP contribution in [-0.4, -0.2) is 31.4 Å². The van der Waals surface area contributed by atoms with Crippen LogP contribution in [-0.2, 0) is 9.53 Å². The van der Waals surface area contributed by atoms with E-state index in [0.29, 0.717) is 32.1 Å². The van der Waals surface area contributed by atoms with E-state index < -0.39 is 12.0 Å². The first-order valence-corrected chi connectivity index (χ1v) is 12.2. The summed E-state index contributed by atoms with van der Waals surface area (Å²) in [7, 11) is 3.12. The topological polar surface area (TPSA) is 79.1 Å². The highest BCUT2D eigenvalue weighted by Gasteiger charge is 2.33. The number of thiazole rings is 1. The molecule has 0 N–H and O–H groups in total. The molecule has 4 rings (SSSR count). The standard InChI is InChI=1S/C25H23BrN2O5S/c1-5-33-24(30)21-14(2)27-25-28(22(21)15-9-7-6-8-10-15)23(29)20(34-25)12-16-11-18(31-3)19(32-4)13-17(16)26/h6-13,22H,5H2,1-4H3. The number of halogens is 1. The highest BCUT2D eigenvalue weighted by Crippen LogP contribution is 2.34. The molecule has 9 heteroatoms. The molecule has 2 heterocycles. The number of esters is 1. The normalized spacial score (nSPS) is 15.6. The monoisotopic (exact) mass is 542 g/mol. The van der Waals surface area contributed by atoms with Crippen LogP contribution in [0.2, 0.25) is 0 Å². The molecule has 7 nitrogen and oxygen atoms in total. The summed E-state index contributed by atoms with van der Waals surface area (Å²) in [6.45, 7) is 3.75. The minimum atomic E-state index is -0.632. The van der Waals surface area contributed by atoms with Gasteiger partial charge < -0.3 is 14.2 Å². The number of rotatable bonds is 6. The Hall–Kier alpha value is -3.17. The van der Waals surface area contributed by atoms with Gasteiger partial charge in [-0.1, -0.05) is 57.6 Å². The zero-order valence-corrected chi connectivity index (χ0v) is 21.5. The van der Waals surface area contributed by atoms with Crippen LogP contribution in [0.3, 0.4) is 0 Å². The lowest BCUT2D eigenvalue weighted by atomic mass is 9.96. The van der Waals surface area contributed by atoms with Gasteiger partial charge >= 0.3 is 5.97 Å². The molecule has 34 heavy (non-hydrogen) atoms. The number of methoxy groups -OCH3 is 2. The number of hydrogen-bond donors (Lipinski definition) is 0. The molecule has 2 aromatic carbocycles. The van der Waals surface area contributed by atoms with Crippen molar-refractivity contribution in [1.29, 1.82) is 0 Å². The summed E-state index contributed by atoms with van der Waals surface area (Å²) in [6, 6.07) is 12.4. The Bertz CT molecular complexity index is 1460. The molecule has 0 bridgehead atoms. The van der Waals surface area contributed by atoms with E-state index in [9.17, 15) is 9.59 Å². The van der Waals surface area contributed by atoms with Gasteiger partial charge in [0.05, 0.1) is 42.7 Å². The first kappa shape index (κ1) is 24.0. The minimum Gasteiger partial charge on any atom is -0.493 e. The van der Waals surface area contributed by atoms with Gasteiger partial charge in [-0.25, -0.2) is 9.79 Å². The molecule has 1 aliphatic heterocycles. The van der Waals surface area contributed by atoms with Gasteiger partial charge in [0.25, 0.3) is 5.56 Å². The molecule has 176 valence electrons. The van der Waals surface area contributed by atoms with Crippen molar-refractivity contribution in [2.24, 2.45) is 4.99 Å². The Balaban J connectivity index is 1.95. The molecule has 0 saturated carbocycles. The van der Waals surface area contributed by atoms with Crippen molar-refractivity contribution in [2.45, 2.75) is 19.9 Å². The predicted molar refractivity (Wildman–Crippen MR) is 134 cm³/mol. The number of fused-ring (bicyclic) bond motifs is 1. The molecule has 1 unspecified atom stereocenters. The third-order valence-electron chi connectivity index (χ3n) is 5.42. The Kier molecular flexibility index (Phi) is 7.04. The lowest BCUT2D eigenvalue weighted by Gasteiger charge is -2.24. The second-order valence-corrected chi connectivity index (χ2v) is 9.31. The Labute approximate surface area is 208 Å². The molecule has 1 atom stereocenters. The Morgan fingerprint density at radius 1 is 1.18 bits per heavy atom. The first-order chi connectivity index (χ1) is 16.4. The fourth-order valence-electron chi connectivity index (χ4n) is 3.86. The predicted octanol–water partition coefficient (Wildman–Crippen LogP) is 3.58. The van der Waals surface area contributed by atoms with E-state index in [-0.39, 0.29) is 12.2 Å². The Morgan fingerprint density at radius 2 is 1.85 bits per heavy atom. The molecule has 0 amide bonds. The molecular formula is C25H23BrN2O5S. The van der Waals surface area contributed by atoms with Crippen LogP contribution in [0.25, 0.3) is 6.08 Å². The largest absolute Gasteiger partial charge is 0.493 e. The number of aromatic nitrogens is 1. The second-order valence-electron chi connectivity index (χ2n) is 7.44. The molecule has 1 aliphatic rings. The summed E-state index contributed by atoms with van der Waals surface area (Å²) in [4.78, 5) is 31.7. The third kappa shape index (κ3) is 4.33. The zero-order chi connectivity index (χ0) is 24.4. The van der Waals surface area contributed by atoms with Crippen LogP contribution >= 0.6 is 27.3 Å². The lowest BCUT2D eigenvalue weighted by molar-refractivity contribution is -0.139. The maximum atomic E-state index is 13.7. The fourth-order valence-corrected chi connectivity index (χ4v) is 5.34. The van der Waals surface area contributed by atoms with E-state index in [0.717, 1.165) is 15.6 Å². The van der Waals surface area contributed by atoms with Gasteiger partial charge in [0.2, 0.25) is 0 Å². The van der Waals surface area contributed by atoms with Gasteiger partial charge in [-0.3, -0.25) is 9.36 Å². The molecule has 0 radical (unpaired) electrons. The van der Waals surface area contributed by atoms with E-state index in [1.165, 1.54) is 11.3 Å². The van der Waals surface area contributed by atoms with Crippen molar-refractivity contribution in [1.82, 2.24) is 4.57 Å². The van der Waals surface area contributed by atoms with Gasteiger partial charge in [0, 0.05) is 4.47 Å². The van der Waals surface area contributed by atoms with Gasteiger partial charge in [0.15, 0.2) is 16.3 Å². The highest BCUT2D eigenvalue weighted by molar-refractivity contribution is 9.10. The highest BCUT2D eigenvalue weighted by atomic mass is 79.9. The summed E-state index contributed by atoms with van der Waals surface area (Å²) >= 11 is 4.81. The van der Waals surface area contributed by atoms with Crippen molar-refractivity contribution in [2.75, 3.05) is 20.8 Å². The van der Waals surface area contributed by atoms with Crippen LogP contribution in [0.15, 0.2) is 68.0 Å². The molecule has 1 aromatic heterocycles. The fraction of sp³-hybridized carbons (Fsp3) is 0.240. The van der Waals surface area contributed by atoms with Crippen molar-refractivity contribution in [3.63, 3.8) is 0 Å². The van der Waals surface area contributed by atoms with Crippen LogP contribution in [0.4, 0.5) is 0 Å². The minimum absolute atomic E-state index is 0.231. The number of benzene rings is 2. The maximum Gasteiger partial charge on any atom is 0.338 e. The average Bonchev–Trinajstić information content (AvgIpc) is 3.14. The number of allylic oxidation sites excluding steroid dienone is 1. The summed E-state index contributed by atoms with van der Waals surface area (Å²) in [6.07, 6.45) is 1.78. The van der Waals surface area contributed by atoms with Gasteiger partial charge in [0.1, 0.15) is 0 Å². The number of nitrogens with zero attached hydrogens (tertiary/aromatic N) is 2. The number of carbonyl (C=O) groups excluding carboxylic acids is 1. The lowest BCUT2D eigenvalue weighted by Crippen LogP contribution is -2.39. The maximum absolute atomic E-state index is 13.7. The molecule has 0 fully saturated rings. The van der Waals surface area contributed by atoms with E-state index >= 15 is 0 Å². The van der Waals surface area contributed by atoms with Crippen LogP contribution < -0.4 is 24.4 Å². The van der Waals surface area contributed by atoms with Crippen molar-refractivity contribution in [3.8, 4) is 11.5 Å². The number of hydrogen-bond acceptors (Lipinski definition) is 7. The smallest absolute Gasteiger partial charge is 0.338 e. The van der Waals surface area contributed by atoms with Crippen LogP contribution in [0.1, 0.15) is 31.0 Å². The molecular weight excluding hydrogens is 520 g/mol. The van der Waals surface area contributed by atoms with Crippen molar-refractivity contribution >= 4 is 39.3 Å². The van der Waals surface area contributed by atoms with E-state index in [1.807, 2.05) is 30.3 Å². The number of carbonyl (C=O) groups is 1. The Morgan fingerprint density at radius 3 is 2.50 bits per heavy atom. The van der Waals surface area contributed by atoms with E-state index in [2.05, 4.69) is 20.9 Å². The van der Waals surface area contributed by atoms with Crippen LogP contribution in [0, 0.1) is 0 Å². The average molecular weight is 543 g/mol. The zero-order valence-electron chi connectivity index (χ0n) is 19.1. The molecule has 0 saturated heterocycles. The van der Waals surface area contributed by atoms with Gasteiger partial charge in [-0.15, -0.1) is 0 Å². The summed E-state index contributed by atoms with van der Waals surface area (Å²) < 4.78 is 18.9. The van der Waals surface area contributed by atoms with E-state index in [1.54, 1.807) is 50.8 Å². The molecule has 0 spiro atoms. The van der Waals surface area contributed by atoms with Gasteiger partial charge in [-0.2, -0.15) is 0 Å². The summed E-state index contributed by atoms with van der Waals surface area (Å²) in [5, 5.41) is 0. The van der Waals surface area contributed by atoms with Gasteiger partial charge in [-0.05, 0) is 43.2 Å². The summed E-state index contributed by atoms with van der Waals surface area (Å²) in [5.41, 5.74) is 2.21.